The molecule has 98 valence electrons. The molecule has 0 heterocycles. The van der Waals surface area contributed by atoms with Crippen molar-refractivity contribution in [2.75, 3.05) is 11.5 Å². The molecule has 0 aromatic heterocycles. The number of carbonyl (C=O) groups is 2. The number of rotatable bonds is 7. The molecule has 3 N–H and O–H groups in total. The second kappa shape index (κ2) is 7.71. The van der Waals surface area contributed by atoms with Crippen LogP contribution in [0.4, 0.5) is 4.39 Å². The van der Waals surface area contributed by atoms with Crippen LogP contribution in [0.3, 0.4) is 0 Å². The van der Waals surface area contributed by atoms with Crippen molar-refractivity contribution in [3.05, 3.63) is 35.6 Å². The Morgan fingerprint density at radius 3 is 2.56 bits per heavy atom. The number of benzene rings is 1. The topological polar surface area (TPSA) is 72.2 Å². The first-order chi connectivity index (χ1) is 8.58. The van der Waals surface area contributed by atoms with E-state index in [2.05, 4.69) is 5.32 Å². The van der Waals surface area contributed by atoms with Crippen LogP contribution in [-0.2, 0) is 16.1 Å². The van der Waals surface area contributed by atoms with E-state index in [1.54, 1.807) is 12.1 Å². The maximum Gasteiger partial charge on any atom is 0.227 e. The second-order valence-electron chi connectivity index (χ2n) is 3.67. The molecule has 0 bridgehead atoms. The van der Waals surface area contributed by atoms with Crippen LogP contribution in [0.2, 0.25) is 0 Å². The molecule has 0 aliphatic heterocycles. The lowest BCUT2D eigenvalue weighted by Gasteiger charge is -2.05. The third-order valence-corrected chi connectivity index (χ3v) is 3.10. The maximum absolute atomic E-state index is 12.6. The van der Waals surface area contributed by atoms with Gasteiger partial charge in [0, 0.05) is 18.7 Å². The minimum Gasteiger partial charge on any atom is -0.369 e. The second-order valence-corrected chi connectivity index (χ2v) is 4.78. The first-order valence-corrected chi connectivity index (χ1v) is 6.60. The fourth-order valence-corrected chi connectivity index (χ4v) is 1.90. The van der Waals surface area contributed by atoms with Crippen LogP contribution in [-0.4, -0.2) is 23.3 Å². The van der Waals surface area contributed by atoms with Gasteiger partial charge in [-0.2, -0.15) is 11.8 Å². The number of halogens is 1. The molecule has 0 atom stereocenters. The normalized spacial score (nSPS) is 10.1. The first-order valence-electron chi connectivity index (χ1n) is 5.45. The molecule has 0 aliphatic carbocycles. The van der Waals surface area contributed by atoms with Crippen molar-refractivity contribution in [2.45, 2.75) is 13.0 Å². The molecule has 6 heteroatoms. The van der Waals surface area contributed by atoms with Crippen LogP contribution >= 0.6 is 11.8 Å². The molecule has 0 saturated carbocycles. The van der Waals surface area contributed by atoms with Gasteiger partial charge in [-0.05, 0) is 17.7 Å². The molecule has 0 spiro atoms. The van der Waals surface area contributed by atoms with Crippen molar-refractivity contribution in [3.8, 4) is 0 Å². The van der Waals surface area contributed by atoms with E-state index in [0.29, 0.717) is 18.7 Å². The summed E-state index contributed by atoms with van der Waals surface area (Å²) in [6.45, 7) is 0.375. The Kier molecular flexibility index (Phi) is 6.21. The highest BCUT2D eigenvalue weighted by Gasteiger charge is 2.02. The lowest BCUT2D eigenvalue weighted by atomic mass is 10.2. The van der Waals surface area contributed by atoms with Gasteiger partial charge in [0.1, 0.15) is 5.82 Å². The molecule has 1 aromatic carbocycles. The van der Waals surface area contributed by atoms with Crippen molar-refractivity contribution >= 4 is 23.6 Å². The summed E-state index contributed by atoms with van der Waals surface area (Å²) in [6, 6.07) is 5.95. The summed E-state index contributed by atoms with van der Waals surface area (Å²) < 4.78 is 12.6. The van der Waals surface area contributed by atoms with Crippen LogP contribution in [0.25, 0.3) is 0 Å². The SMILES string of the molecule is NC(=O)CSCCC(=O)NCc1ccc(F)cc1. The molecule has 1 rings (SSSR count). The average Bonchev–Trinajstić information content (AvgIpc) is 2.34. The highest BCUT2D eigenvalue weighted by Crippen LogP contribution is 2.03. The highest BCUT2D eigenvalue weighted by atomic mass is 32.2. The summed E-state index contributed by atoms with van der Waals surface area (Å²) in [5.41, 5.74) is 5.81. The van der Waals surface area contributed by atoms with Crippen LogP contribution in [0.15, 0.2) is 24.3 Å². The van der Waals surface area contributed by atoms with E-state index in [-0.39, 0.29) is 23.4 Å². The highest BCUT2D eigenvalue weighted by molar-refractivity contribution is 7.99. The van der Waals surface area contributed by atoms with E-state index < -0.39 is 0 Å². The van der Waals surface area contributed by atoms with Crippen LogP contribution in [0.5, 0.6) is 0 Å². The summed E-state index contributed by atoms with van der Waals surface area (Å²) >= 11 is 1.33. The lowest BCUT2D eigenvalue weighted by Crippen LogP contribution is -2.23. The van der Waals surface area contributed by atoms with Gasteiger partial charge in [0.2, 0.25) is 11.8 Å². The largest absolute Gasteiger partial charge is 0.369 e. The zero-order valence-electron chi connectivity index (χ0n) is 9.82. The number of nitrogens with two attached hydrogens (primary N) is 1. The van der Waals surface area contributed by atoms with Gasteiger partial charge >= 0.3 is 0 Å². The maximum atomic E-state index is 12.6. The number of carbonyl (C=O) groups excluding carboxylic acids is 2. The zero-order chi connectivity index (χ0) is 13.4. The molecule has 0 aliphatic rings. The Labute approximate surface area is 109 Å². The lowest BCUT2D eigenvalue weighted by molar-refractivity contribution is -0.121. The summed E-state index contributed by atoms with van der Waals surface area (Å²) in [6.07, 6.45) is 0.332. The Bertz CT molecular complexity index is 409. The monoisotopic (exact) mass is 270 g/mol. The number of hydrogen-bond acceptors (Lipinski definition) is 3. The smallest absolute Gasteiger partial charge is 0.227 e. The van der Waals surface area contributed by atoms with E-state index in [0.717, 1.165) is 5.56 Å². The molecule has 2 amide bonds. The molecule has 0 saturated heterocycles. The van der Waals surface area contributed by atoms with Crippen molar-refractivity contribution in [2.24, 2.45) is 5.73 Å². The van der Waals surface area contributed by atoms with Gasteiger partial charge in [-0.25, -0.2) is 4.39 Å². The van der Waals surface area contributed by atoms with Gasteiger partial charge in [0.05, 0.1) is 5.75 Å². The standard InChI is InChI=1S/C12H15FN2O2S/c13-10-3-1-9(2-4-10)7-15-12(17)5-6-18-8-11(14)16/h1-4H,5-8H2,(H2,14,16)(H,15,17). The Hall–Kier alpha value is -1.56. The van der Waals surface area contributed by atoms with Crippen LogP contribution in [0, 0.1) is 5.82 Å². The Balaban J connectivity index is 2.17. The van der Waals surface area contributed by atoms with Crippen molar-refractivity contribution in [3.63, 3.8) is 0 Å². The number of primary amides is 1. The predicted octanol–water partition coefficient (Wildman–Crippen LogP) is 1.05. The molecule has 0 unspecified atom stereocenters. The average molecular weight is 270 g/mol. The molecular formula is C12H15FN2O2S. The van der Waals surface area contributed by atoms with Gasteiger partial charge in [0.15, 0.2) is 0 Å². The Morgan fingerprint density at radius 2 is 1.94 bits per heavy atom. The van der Waals surface area contributed by atoms with Gasteiger partial charge in [-0.1, -0.05) is 12.1 Å². The van der Waals surface area contributed by atoms with Gasteiger partial charge in [-0.3, -0.25) is 9.59 Å². The zero-order valence-corrected chi connectivity index (χ0v) is 10.6. The molecular weight excluding hydrogens is 255 g/mol. The van der Waals surface area contributed by atoms with Gasteiger partial charge in [-0.15, -0.1) is 0 Å². The quantitative estimate of drug-likeness (QED) is 0.727. The molecule has 4 nitrogen and oxygen atoms in total. The van der Waals surface area contributed by atoms with Gasteiger partial charge < -0.3 is 11.1 Å². The Morgan fingerprint density at radius 1 is 1.28 bits per heavy atom. The molecule has 0 radical (unpaired) electrons. The van der Waals surface area contributed by atoms with Crippen molar-refractivity contribution in [1.82, 2.24) is 5.32 Å². The van der Waals surface area contributed by atoms with Crippen molar-refractivity contribution < 1.29 is 14.0 Å². The summed E-state index contributed by atoms with van der Waals surface area (Å²) in [5, 5.41) is 2.72. The minimum atomic E-state index is -0.383. The number of amides is 2. The van der Waals surface area contributed by atoms with E-state index in [9.17, 15) is 14.0 Å². The third-order valence-electron chi connectivity index (χ3n) is 2.12. The van der Waals surface area contributed by atoms with E-state index in [4.69, 9.17) is 5.73 Å². The van der Waals surface area contributed by atoms with Crippen molar-refractivity contribution in [1.29, 1.82) is 0 Å². The molecule has 0 fully saturated rings. The van der Waals surface area contributed by atoms with Crippen LogP contribution < -0.4 is 11.1 Å². The van der Waals surface area contributed by atoms with E-state index in [1.165, 1.54) is 23.9 Å². The number of hydrogen-bond donors (Lipinski definition) is 2. The van der Waals surface area contributed by atoms with Crippen LogP contribution in [0.1, 0.15) is 12.0 Å². The fraction of sp³-hybridized carbons (Fsp3) is 0.333. The summed E-state index contributed by atoms with van der Waals surface area (Å²) in [4.78, 5) is 21.9. The third kappa shape index (κ3) is 6.24. The fourth-order valence-electron chi connectivity index (χ4n) is 1.23. The summed E-state index contributed by atoms with van der Waals surface area (Å²) in [7, 11) is 0. The minimum absolute atomic E-state index is 0.101. The molecule has 18 heavy (non-hydrogen) atoms. The van der Waals surface area contributed by atoms with E-state index >= 15 is 0 Å². The molecule has 1 aromatic rings. The number of thioether (sulfide) groups is 1. The number of nitrogens with one attached hydrogen (secondary N) is 1. The summed E-state index contributed by atoms with van der Waals surface area (Å²) in [5.74, 6) is -0.000350. The predicted molar refractivity (Wildman–Crippen MR) is 69.4 cm³/mol. The first kappa shape index (κ1) is 14.5. The van der Waals surface area contributed by atoms with Gasteiger partial charge in [0.25, 0.3) is 0 Å². The van der Waals surface area contributed by atoms with E-state index in [1.807, 2.05) is 0 Å².